The molecule has 0 heterocycles. The van der Waals surface area contributed by atoms with E-state index in [4.69, 9.17) is 4.74 Å². The summed E-state index contributed by atoms with van der Waals surface area (Å²) in [6.07, 6.45) is 2.77. The fourth-order valence-corrected chi connectivity index (χ4v) is 3.71. The maximum absolute atomic E-state index is 12.3. The van der Waals surface area contributed by atoms with Crippen molar-refractivity contribution in [3.05, 3.63) is 29.8 Å². The number of ether oxygens (including phenoxy) is 1. The van der Waals surface area contributed by atoms with Crippen LogP contribution in [0.25, 0.3) is 0 Å². The summed E-state index contributed by atoms with van der Waals surface area (Å²) in [4.78, 5) is 36.6. The number of urea groups is 1. The van der Waals surface area contributed by atoms with E-state index in [1.807, 2.05) is 0 Å². The highest BCUT2D eigenvalue weighted by atomic mass is 32.2. The van der Waals surface area contributed by atoms with Crippen LogP contribution in [0.2, 0.25) is 0 Å². The fraction of sp³-hybridized carbons (Fsp3) is 0.500. The Balaban J connectivity index is 1.93. The van der Waals surface area contributed by atoms with Crippen molar-refractivity contribution in [2.45, 2.75) is 56.6 Å². The highest BCUT2D eigenvalue weighted by Gasteiger charge is 2.24. The number of rotatable bonds is 6. The zero-order chi connectivity index (χ0) is 19.1. The van der Waals surface area contributed by atoms with Crippen LogP contribution >= 0.6 is 0 Å². The van der Waals surface area contributed by atoms with Crippen LogP contribution in [-0.4, -0.2) is 40.0 Å². The van der Waals surface area contributed by atoms with Gasteiger partial charge in [0.25, 0.3) is 5.91 Å². The summed E-state index contributed by atoms with van der Waals surface area (Å²) < 4.78 is 17.2. The quantitative estimate of drug-likeness (QED) is 0.736. The second-order valence-corrected chi connectivity index (χ2v) is 7.83. The molecule has 7 nitrogen and oxygen atoms in total. The molecule has 1 saturated carbocycles. The molecule has 1 aromatic carbocycles. The van der Waals surface area contributed by atoms with Crippen molar-refractivity contribution < 1.29 is 23.3 Å². The number of carbonyl (C=O) groups excluding carboxylic acids is 3. The maximum Gasteiger partial charge on any atom is 0.340 e. The summed E-state index contributed by atoms with van der Waals surface area (Å²) in [7, 11) is -1.33. The zero-order valence-electron chi connectivity index (χ0n) is 14.9. The van der Waals surface area contributed by atoms with Gasteiger partial charge in [-0.15, -0.1) is 0 Å². The van der Waals surface area contributed by atoms with Crippen molar-refractivity contribution >= 4 is 28.7 Å². The highest BCUT2D eigenvalue weighted by molar-refractivity contribution is 7.85. The molecule has 2 atom stereocenters. The molecule has 0 spiro atoms. The van der Waals surface area contributed by atoms with Crippen molar-refractivity contribution in [2.75, 3.05) is 5.75 Å². The number of amides is 3. The predicted octanol–water partition coefficient (Wildman–Crippen LogP) is 2.13. The van der Waals surface area contributed by atoms with Crippen LogP contribution in [0.4, 0.5) is 4.79 Å². The summed E-state index contributed by atoms with van der Waals surface area (Å²) in [5.74, 6) is -1.09. The Morgan fingerprint density at radius 3 is 2.54 bits per heavy atom. The molecule has 2 rings (SSSR count). The van der Waals surface area contributed by atoms with Gasteiger partial charge in [-0.3, -0.25) is 14.3 Å². The van der Waals surface area contributed by atoms with E-state index in [9.17, 15) is 18.6 Å². The van der Waals surface area contributed by atoms with Gasteiger partial charge in [-0.05, 0) is 31.9 Å². The molecule has 0 bridgehead atoms. The van der Waals surface area contributed by atoms with Gasteiger partial charge < -0.3 is 10.1 Å². The van der Waals surface area contributed by atoms with Gasteiger partial charge in [0.15, 0.2) is 6.10 Å². The number of carbonyl (C=O) groups is 3. The first-order valence-corrected chi connectivity index (χ1v) is 10.0. The van der Waals surface area contributed by atoms with Gasteiger partial charge in [-0.2, -0.15) is 0 Å². The van der Waals surface area contributed by atoms with Crippen LogP contribution in [0.15, 0.2) is 29.2 Å². The van der Waals surface area contributed by atoms with E-state index < -0.39 is 34.8 Å². The second kappa shape index (κ2) is 9.47. The third kappa shape index (κ3) is 5.39. The SMILES string of the molecule is CC[S@](=O)c1ccccc1C(=O)O[C@H](C)C(=O)NC(=O)NC1CCCC1. The van der Waals surface area contributed by atoms with Crippen LogP contribution in [0, 0.1) is 0 Å². The minimum absolute atomic E-state index is 0.0801. The van der Waals surface area contributed by atoms with Crippen LogP contribution in [0.5, 0.6) is 0 Å². The minimum Gasteiger partial charge on any atom is -0.449 e. The Morgan fingerprint density at radius 1 is 1.23 bits per heavy atom. The summed E-state index contributed by atoms with van der Waals surface area (Å²) in [6, 6.07) is 5.91. The monoisotopic (exact) mass is 380 g/mol. The first-order chi connectivity index (χ1) is 12.4. The van der Waals surface area contributed by atoms with Gasteiger partial charge in [0.1, 0.15) is 0 Å². The van der Waals surface area contributed by atoms with Gasteiger partial charge in [0.05, 0.1) is 21.3 Å². The van der Waals surface area contributed by atoms with E-state index in [-0.39, 0.29) is 11.6 Å². The van der Waals surface area contributed by atoms with Gasteiger partial charge in [-0.1, -0.05) is 31.9 Å². The maximum atomic E-state index is 12.3. The molecule has 1 aromatic rings. The number of hydrogen-bond donors (Lipinski definition) is 2. The van der Waals surface area contributed by atoms with E-state index in [1.165, 1.54) is 13.0 Å². The Morgan fingerprint density at radius 2 is 1.88 bits per heavy atom. The first kappa shape index (κ1) is 20.1. The molecule has 8 heteroatoms. The topological polar surface area (TPSA) is 102 Å². The lowest BCUT2D eigenvalue weighted by Crippen LogP contribution is -2.47. The molecule has 0 radical (unpaired) electrons. The smallest absolute Gasteiger partial charge is 0.340 e. The molecule has 26 heavy (non-hydrogen) atoms. The van der Waals surface area contributed by atoms with E-state index in [0.29, 0.717) is 10.6 Å². The average molecular weight is 380 g/mol. The van der Waals surface area contributed by atoms with Crippen molar-refractivity contribution in [1.29, 1.82) is 0 Å². The molecular weight excluding hydrogens is 356 g/mol. The van der Waals surface area contributed by atoms with Crippen LogP contribution in [-0.2, 0) is 20.3 Å². The molecule has 0 aromatic heterocycles. The largest absolute Gasteiger partial charge is 0.449 e. The van der Waals surface area contributed by atoms with Gasteiger partial charge >= 0.3 is 12.0 Å². The van der Waals surface area contributed by atoms with Crippen LogP contribution < -0.4 is 10.6 Å². The summed E-state index contributed by atoms with van der Waals surface area (Å²) >= 11 is 0. The van der Waals surface area contributed by atoms with E-state index in [1.54, 1.807) is 25.1 Å². The van der Waals surface area contributed by atoms with E-state index >= 15 is 0 Å². The van der Waals surface area contributed by atoms with Gasteiger partial charge in [0, 0.05) is 11.8 Å². The number of nitrogens with one attached hydrogen (secondary N) is 2. The molecule has 142 valence electrons. The summed E-state index contributed by atoms with van der Waals surface area (Å²) in [5, 5.41) is 4.92. The Labute approximate surface area is 155 Å². The Hall–Kier alpha value is -2.22. The first-order valence-electron chi connectivity index (χ1n) is 8.72. The van der Waals surface area contributed by atoms with Gasteiger partial charge in [0.2, 0.25) is 0 Å². The third-order valence-electron chi connectivity index (χ3n) is 4.19. The molecule has 1 aliphatic carbocycles. The number of benzene rings is 1. The van der Waals surface area contributed by atoms with E-state index in [0.717, 1.165) is 25.7 Å². The van der Waals surface area contributed by atoms with Crippen LogP contribution in [0.1, 0.15) is 49.9 Å². The molecule has 0 aliphatic heterocycles. The normalized spacial score (nSPS) is 16.5. The lowest BCUT2D eigenvalue weighted by Gasteiger charge is -2.16. The number of esters is 1. The van der Waals surface area contributed by atoms with E-state index in [2.05, 4.69) is 10.6 Å². The van der Waals surface area contributed by atoms with Crippen molar-refractivity contribution in [3.8, 4) is 0 Å². The lowest BCUT2D eigenvalue weighted by atomic mass is 10.2. The minimum atomic E-state index is -1.33. The molecule has 2 N–H and O–H groups in total. The zero-order valence-corrected chi connectivity index (χ0v) is 15.8. The molecule has 0 saturated heterocycles. The summed E-state index contributed by atoms with van der Waals surface area (Å²) in [5.41, 5.74) is 0.155. The molecule has 0 unspecified atom stereocenters. The second-order valence-electron chi connectivity index (χ2n) is 6.12. The third-order valence-corrected chi connectivity index (χ3v) is 5.57. The number of hydrogen-bond acceptors (Lipinski definition) is 5. The average Bonchev–Trinajstić information content (AvgIpc) is 3.13. The highest BCUT2D eigenvalue weighted by Crippen LogP contribution is 2.17. The fourth-order valence-electron chi connectivity index (χ4n) is 2.77. The Bertz CT molecular complexity index is 701. The van der Waals surface area contributed by atoms with Gasteiger partial charge in [-0.25, -0.2) is 9.59 Å². The molecule has 1 aliphatic rings. The molecule has 1 fully saturated rings. The van der Waals surface area contributed by atoms with Crippen molar-refractivity contribution in [2.24, 2.45) is 0 Å². The standard InChI is InChI=1S/C18H24N2O5S/c1-3-26(24)15-11-7-6-10-14(15)17(22)25-12(2)16(21)20-18(23)19-13-8-4-5-9-13/h6-7,10-13H,3-5,8-9H2,1-2H3,(H2,19,20,21,23)/t12-,26+/m1/s1. The Kier molecular flexibility index (Phi) is 7.32. The van der Waals surface area contributed by atoms with Crippen molar-refractivity contribution in [3.63, 3.8) is 0 Å². The predicted molar refractivity (Wildman–Crippen MR) is 97.2 cm³/mol. The lowest BCUT2D eigenvalue weighted by molar-refractivity contribution is -0.127. The molecule has 3 amide bonds. The number of imide groups is 1. The summed E-state index contributed by atoms with van der Waals surface area (Å²) in [6.45, 7) is 3.13. The van der Waals surface area contributed by atoms with Crippen LogP contribution in [0.3, 0.4) is 0 Å². The molecular formula is C18H24N2O5S. The van der Waals surface area contributed by atoms with Crippen molar-refractivity contribution in [1.82, 2.24) is 10.6 Å².